The molecule has 0 saturated carbocycles. The lowest BCUT2D eigenvalue weighted by molar-refractivity contribution is -0.0328. The molecule has 0 aliphatic carbocycles. The predicted octanol–water partition coefficient (Wildman–Crippen LogP) is 4.78. The summed E-state index contributed by atoms with van der Waals surface area (Å²) in [6, 6.07) is 3.60. The number of hydrogen-bond donors (Lipinski definition) is 0. The summed E-state index contributed by atoms with van der Waals surface area (Å²) in [5.41, 5.74) is -3.75. The molecule has 16 heavy (non-hydrogen) atoms. The number of halogens is 4. The maximum absolute atomic E-state index is 13.0. The summed E-state index contributed by atoms with van der Waals surface area (Å²) in [7, 11) is 0. The molecule has 1 aromatic rings. The Balaban J connectivity index is 2.81. The van der Waals surface area contributed by atoms with Crippen molar-refractivity contribution in [1.29, 1.82) is 0 Å². The fourth-order valence-corrected chi connectivity index (χ4v) is 1.99. The van der Waals surface area contributed by atoms with Crippen molar-refractivity contribution < 1.29 is 17.6 Å². The second-order valence-corrected chi connectivity index (χ2v) is 4.58. The van der Waals surface area contributed by atoms with Crippen LogP contribution in [0, 0.1) is 5.82 Å². The van der Waals surface area contributed by atoms with Gasteiger partial charge in [-0.1, -0.05) is 13.3 Å². The molecule has 0 atom stereocenters. The van der Waals surface area contributed by atoms with Gasteiger partial charge in [-0.05, 0) is 48.4 Å². The van der Waals surface area contributed by atoms with Gasteiger partial charge in [0.05, 0.1) is 0 Å². The lowest BCUT2D eigenvalue weighted by Crippen LogP contribution is -2.00. The second kappa shape index (κ2) is 5.57. The summed E-state index contributed by atoms with van der Waals surface area (Å²) in [6.45, 7) is 1.98. The molecule has 0 aliphatic heterocycles. The van der Waals surface area contributed by atoms with Crippen LogP contribution in [0.2, 0.25) is 0 Å². The maximum Gasteiger partial charge on any atom is 0.446 e. The first-order chi connectivity index (χ1) is 7.40. The van der Waals surface area contributed by atoms with Gasteiger partial charge in [0.1, 0.15) is 5.82 Å². The molecule has 0 aromatic heterocycles. The fourth-order valence-electron chi connectivity index (χ4n) is 1.34. The van der Waals surface area contributed by atoms with Crippen LogP contribution >= 0.6 is 11.8 Å². The molecular formula is C11H12F4S. The van der Waals surface area contributed by atoms with Gasteiger partial charge in [-0.25, -0.2) is 4.39 Å². The van der Waals surface area contributed by atoms with Crippen LogP contribution in [0.4, 0.5) is 17.6 Å². The minimum atomic E-state index is -4.37. The summed E-state index contributed by atoms with van der Waals surface area (Å²) in [5.74, 6) is -0.611. The van der Waals surface area contributed by atoms with E-state index in [0.29, 0.717) is 12.0 Å². The average molecular weight is 252 g/mol. The van der Waals surface area contributed by atoms with Gasteiger partial charge in [0.15, 0.2) is 0 Å². The van der Waals surface area contributed by atoms with Crippen molar-refractivity contribution >= 4 is 11.8 Å². The molecule has 0 radical (unpaired) electrons. The molecule has 90 valence electrons. The number of thioether (sulfide) groups is 1. The van der Waals surface area contributed by atoms with Crippen LogP contribution in [0.5, 0.6) is 0 Å². The first kappa shape index (κ1) is 13.4. The molecule has 5 heteroatoms. The summed E-state index contributed by atoms with van der Waals surface area (Å²) in [6.07, 6.45) is 2.39. The Morgan fingerprint density at radius 1 is 1.19 bits per heavy atom. The van der Waals surface area contributed by atoms with E-state index < -0.39 is 11.3 Å². The zero-order valence-electron chi connectivity index (χ0n) is 8.77. The molecule has 0 saturated heterocycles. The quantitative estimate of drug-likeness (QED) is 0.549. The van der Waals surface area contributed by atoms with Gasteiger partial charge in [-0.3, -0.25) is 0 Å². The molecule has 0 spiro atoms. The van der Waals surface area contributed by atoms with Gasteiger partial charge in [0.25, 0.3) is 0 Å². The van der Waals surface area contributed by atoms with E-state index >= 15 is 0 Å². The minimum absolute atomic E-state index is 0.0846. The largest absolute Gasteiger partial charge is 0.446 e. The van der Waals surface area contributed by atoms with Gasteiger partial charge in [0, 0.05) is 4.90 Å². The van der Waals surface area contributed by atoms with E-state index in [1.165, 1.54) is 12.1 Å². The van der Waals surface area contributed by atoms with Crippen LogP contribution < -0.4 is 0 Å². The summed E-state index contributed by atoms with van der Waals surface area (Å²) in [5, 5.41) is 0. The second-order valence-electron chi connectivity index (χ2n) is 3.45. The van der Waals surface area contributed by atoms with E-state index in [9.17, 15) is 17.6 Å². The van der Waals surface area contributed by atoms with E-state index in [4.69, 9.17) is 0 Å². The van der Waals surface area contributed by atoms with Crippen molar-refractivity contribution in [3.05, 3.63) is 29.6 Å². The molecule has 0 bridgehead atoms. The van der Waals surface area contributed by atoms with Gasteiger partial charge in [-0.2, -0.15) is 13.2 Å². The monoisotopic (exact) mass is 252 g/mol. The normalized spacial score (nSPS) is 11.8. The highest BCUT2D eigenvalue weighted by atomic mass is 32.2. The van der Waals surface area contributed by atoms with E-state index in [1.54, 1.807) is 0 Å². The number of benzene rings is 1. The van der Waals surface area contributed by atoms with Crippen molar-refractivity contribution in [3.63, 3.8) is 0 Å². The molecule has 1 rings (SSSR count). The Bertz CT molecular complexity index is 346. The van der Waals surface area contributed by atoms with Crippen LogP contribution in [-0.4, -0.2) is 5.51 Å². The molecule has 0 N–H and O–H groups in total. The molecule has 0 unspecified atom stereocenters. The molecular weight excluding hydrogens is 240 g/mol. The molecule has 0 aliphatic rings. The number of unbranched alkanes of at least 4 members (excludes halogenated alkanes) is 1. The summed E-state index contributed by atoms with van der Waals surface area (Å²) >= 11 is -0.277. The highest BCUT2D eigenvalue weighted by molar-refractivity contribution is 8.00. The van der Waals surface area contributed by atoms with Crippen molar-refractivity contribution in [2.75, 3.05) is 0 Å². The number of rotatable bonds is 4. The molecule has 0 nitrogen and oxygen atoms in total. The van der Waals surface area contributed by atoms with Gasteiger partial charge in [0.2, 0.25) is 0 Å². The first-order valence-corrected chi connectivity index (χ1v) is 5.77. The van der Waals surface area contributed by atoms with Crippen molar-refractivity contribution in [2.45, 2.75) is 36.6 Å². The molecule has 0 amide bonds. The predicted molar refractivity (Wildman–Crippen MR) is 56.9 cm³/mol. The molecule has 0 heterocycles. The van der Waals surface area contributed by atoms with E-state index in [0.717, 1.165) is 18.9 Å². The highest BCUT2D eigenvalue weighted by Gasteiger charge is 2.29. The highest BCUT2D eigenvalue weighted by Crippen LogP contribution is 2.37. The Morgan fingerprint density at radius 2 is 1.88 bits per heavy atom. The number of alkyl halides is 3. The molecule has 0 fully saturated rings. The Hall–Kier alpha value is -0.710. The van der Waals surface area contributed by atoms with E-state index in [1.807, 2.05) is 6.92 Å². The third kappa shape index (κ3) is 4.88. The lowest BCUT2D eigenvalue weighted by atomic mass is 10.1. The van der Waals surface area contributed by atoms with Crippen LogP contribution in [0.3, 0.4) is 0 Å². The van der Waals surface area contributed by atoms with Crippen LogP contribution in [0.1, 0.15) is 25.3 Å². The number of aryl methyl sites for hydroxylation is 1. The standard InChI is InChI=1S/C11H12F4S/c1-2-3-4-8-5-9(12)7-10(6-8)16-11(13,14)15/h5-7H,2-4H2,1H3. The van der Waals surface area contributed by atoms with Crippen LogP contribution in [-0.2, 0) is 6.42 Å². The van der Waals surface area contributed by atoms with Crippen molar-refractivity contribution in [2.24, 2.45) is 0 Å². The third-order valence-corrected chi connectivity index (χ3v) is 2.69. The van der Waals surface area contributed by atoms with E-state index in [2.05, 4.69) is 0 Å². The van der Waals surface area contributed by atoms with Gasteiger partial charge in [-0.15, -0.1) is 0 Å². The Kier molecular flexibility index (Phi) is 4.65. The smallest absolute Gasteiger partial charge is 0.207 e. The topological polar surface area (TPSA) is 0 Å². The average Bonchev–Trinajstić information content (AvgIpc) is 2.10. The van der Waals surface area contributed by atoms with Gasteiger partial charge >= 0.3 is 5.51 Å². The lowest BCUT2D eigenvalue weighted by Gasteiger charge is -2.07. The third-order valence-electron chi connectivity index (χ3n) is 1.98. The van der Waals surface area contributed by atoms with Crippen LogP contribution in [0.15, 0.2) is 23.1 Å². The minimum Gasteiger partial charge on any atom is -0.207 e. The zero-order valence-corrected chi connectivity index (χ0v) is 9.59. The summed E-state index contributed by atoms with van der Waals surface area (Å²) < 4.78 is 49.3. The SMILES string of the molecule is CCCCc1cc(F)cc(SC(F)(F)F)c1. The van der Waals surface area contributed by atoms with Crippen molar-refractivity contribution in [1.82, 2.24) is 0 Å². The first-order valence-electron chi connectivity index (χ1n) is 4.96. The van der Waals surface area contributed by atoms with Crippen LogP contribution in [0.25, 0.3) is 0 Å². The zero-order chi connectivity index (χ0) is 12.2. The molecule has 1 aromatic carbocycles. The maximum atomic E-state index is 13.0. The summed E-state index contributed by atoms with van der Waals surface area (Å²) in [4.78, 5) is -0.0846. The number of hydrogen-bond acceptors (Lipinski definition) is 1. The van der Waals surface area contributed by atoms with Crippen molar-refractivity contribution in [3.8, 4) is 0 Å². The fraction of sp³-hybridized carbons (Fsp3) is 0.455. The van der Waals surface area contributed by atoms with E-state index in [-0.39, 0.29) is 16.7 Å². The Labute approximate surface area is 96.0 Å². The Morgan fingerprint density at radius 3 is 2.44 bits per heavy atom. The van der Waals surface area contributed by atoms with Gasteiger partial charge < -0.3 is 0 Å².